The van der Waals surface area contributed by atoms with Gasteiger partial charge in [-0.15, -0.1) is 0 Å². The van der Waals surface area contributed by atoms with Crippen LogP contribution in [0, 0.1) is 17.5 Å². The van der Waals surface area contributed by atoms with E-state index in [1.807, 2.05) is 0 Å². The molecule has 0 saturated carbocycles. The highest BCUT2D eigenvalue weighted by Gasteiger charge is 2.39. The minimum atomic E-state index is -0.720. The molecule has 2 amide bonds. The molecule has 0 N–H and O–H groups in total. The summed E-state index contributed by atoms with van der Waals surface area (Å²) < 4.78 is 47.2. The van der Waals surface area contributed by atoms with E-state index in [1.165, 1.54) is 45.3 Å². The van der Waals surface area contributed by atoms with Crippen LogP contribution >= 0.6 is 0 Å². The number of hydrazone groups is 1. The van der Waals surface area contributed by atoms with E-state index in [2.05, 4.69) is 20.3 Å². The van der Waals surface area contributed by atoms with Gasteiger partial charge in [0.15, 0.2) is 11.6 Å². The number of aryl methyl sites for hydroxylation is 1. The number of likely N-dealkylation sites (tertiary alicyclic amines) is 1. The van der Waals surface area contributed by atoms with Crippen LogP contribution < -0.4 is 4.74 Å². The number of pyridine rings is 1. The molecule has 2 aromatic heterocycles. The lowest BCUT2D eigenvalue weighted by Crippen LogP contribution is -2.58. The van der Waals surface area contributed by atoms with E-state index in [0.717, 1.165) is 12.3 Å². The maximum absolute atomic E-state index is 14.2. The van der Waals surface area contributed by atoms with Crippen molar-refractivity contribution in [3.8, 4) is 17.1 Å². The second-order valence-corrected chi connectivity index (χ2v) is 7.74. The van der Waals surface area contributed by atoms with Gasteiger partial charge in [-0.2, -0.15) is 20.1 Å². The van der Waals surface area contributed by atoms with Crippen molar-refractivity contribution in [1.82, 2.24) is 29.9 Å². The predicted molar refractivity (Wildman–Crippen MR) is 110 cm³/mol. The molecular weight excluding hydrogens is 439 g/mol. The summed E-state index contributed by atoms with van der Waals surface area (Å²) in [7, 11) is 1.66. The van der Waals surface area contributed by atoms with Crippen LogP contribution in [0.15, 0.2) is 41.8 Å². The Bertz CT molecular complexity index is 1220. The molecule has 1 aromatic carbocycles. The summed E-state index contributed by atoms with van der Waals surface area (Å²) in [5, 5.41) is 13.4. The van der Waals surface area contributed by atoms with Gasteiger partial charge < -0.3 is 9.64 Å². The van der Waals surface area contributed by atoms with E-state index < -0.39 is 35.6 Å². The number of carbonyl (C=O) groups is 1. The van der Waals surface area contributed by atoms with E-state index in [1.54, 1.807) is 7.05 Å². The Kier molecular flexibility index (Phi) is 5.19. The molecular formula is C21H18F3N7O2. The first-order valence-corrected chi connectivity index (χ1v) is 10.1. The third kappa shape index (κ3) is 4.11. The molecule has 2 aliphatic rings. The predicted octanol–water partition coefficient (Wildman–Crippen LogP) is 2.91. The lowest BCUT2D eigenvalue weighted by atomic mass is 10.0. The molecule has 1 saturated heterocycles. The van der Waals surface area contributed by atoms with Crippen LogP contribution in [0.25, 0.3) is 11.4 Å². The Morgan fingerprint density at radius 2 is 1.82 bits per heavy atom. The molecule has 1 atom stereocenters. The Labute approximate surface area is 186 Å². The van der Waals surface area contributed by atoms with Gasteiger partial charge in [-0.3, -0.25) is 4.98 Å². The fraction of sp³-hybridized carbons (Fsp3) is 0.286. The van der Waals surface area contributed by atoms with E-state index >= 15 is 0 Å². The van der Waals surface area contributed by atoms with Gasteiger partial charge in [0, 0.05) is 31.8 Å². The summed E-state index contributed by atoms with van der Waals surface area (Å²) in [6.07, 6.45) is 3.99. The molecule has 0 spiro atoms. The number of carbonyl (C=O) groups excluding carboxylic acids is 1. The van der Waals surface area contributed by atoms with E-state index in [9.17, 15) is 18.0 Å². The number of ether oxygens (including phenoxy) is 1. The van der Waals surface area contributed by atoms with Crippen molar-refractivity contribution in [2.75, 3.05) is 13.1 Å². The van der Waals surface area contributed by atoms with Crippen molar-refractivity contribution in [3.05, 3.63) is 59.7 Å². The van der Waals surface area contributed by atoms with Crippen molar-refractivity contribution in [2.45, 2.75) is 18.6 Å². The van der Waals surface area contributed by atoms with E-state index in [-0.39, 0.29) is 18.8 Å². The van der Waals surface area contributed by atoms with E-state index in [0.29, 0.717) is 23.4 Å². The van der Waals surface area contributed by atoms with Crippen LogP contribution in [0.2, 0.25) is 0 Å². The van der Waals surface area contributed by atoms with Gasteiger partial charge in [0.2, 0.25) is 0 Å². The van der Waals surface area contributed by atoms with Gasteiger partial charge in [0.05, 0.1) is 37.2 Å². The number of halogens is 3. The van der Waals surface area contributed by atoms with Gasteiger partial charge >= 0.3 is 6.03 Å². The first-order valence-electron chi connectivity index (χ1n) is 10.1. The number of aromatic nitrogens is 4. The molecule has 0 aliphatic carbocycles. The molecule has 170 valence electrons. The fourth-order valence-corrected chi connectivity index (χ4v) is 3.75. The highest BCUT2D eigenvalue weighted by molar-refractivity contribution is 5.79. The molecule has 9 nitrogen and oxygen atoms in total. The first kappa shape index (κ1) is 20.9. The largest absolute Gasteiger partial charge is 0.483 e. The summed E-state index contributed by atoms with van der Waals surface area (Å²) in [5.74, 6) is -2.08. The van der Waals surface area contributed by atoms with Crippen LogP contribution in [0.5, 0.6) is 5.75 Å². The molecule has 33 heavy (non-hydrogen) atoms. The van der Waals surface area contributed by atoms with Gasteiger partial charge in [-0.25, -0.2) is 23.0 Å². The molecule has 0 radical (unpaired) electrons. The van der Waals surface area contributed by atoms with Crippen LogP contribution in [0.4, 0.5) is 18.0 Å². The molecule has 1 fully saturated rings. The minimum absolute atomic E-state index is 0.00458. The average molecular weight is 457 g/mol. The fourth-order valence-electron chi connectivity index (χ4n) is 3.75. The Morgan fingerprint density at radius 3 is 2.52 bits per heavy atom. The summed E-state index contributed by atoms with van der Waals surface area (Å²) in [6.45, 7) is 0.411. The quantitative estimate of drug-likeness (QED) is 0.601. The van der Waals surface area contributed by atoms with Crippen LogP contribution in [-0.4, -0.2) is 61.3 Å². The van der Waals surface area contributed by atoms with Crippen molar-refractivity contribution in [3.63, 3.8) is 0 Å². The average Bonchev–Trinajstić information content (AvgIpc) is 3.40. The van der Waals surface area contributed by atoms with Gasteiger partial charge in [0.1, 0.15) is 23.4 Å². The van der Waals surface area contributed by atoms with Crippen molar-refractivity contribution >= 4 is 12.2 Å². The lowest BCUT2D eigenvalue weighted by Gasteiger charge is -2.41. The van der Waals surface area contributed by atoms with Crippen molar-refractivity contribution in [2.24, 2.45) is 12.1 Å². The van der Waals surface area contributed by atoms with Gasteiger partial charge in [0.25, 0.3) is 0 Å². The maximum Gasteiger partial charge on any atom is 0.341 e. The summed E-state index contributed by atoms with van der Waals surface area (Å²) in [5.41, 5.74) is 1.20. The number of hydrogen-bond donors (Lipinski definition) is 0. The monoisotopic (exact) mass is 457 g/mol. The molecule has 12 heteroatoms. The lowest BCUT2D eigenvalue weighted by molar-refractivity contribution is 0.0256. The molecule has 2 aliphatic heterocycles. The molecule has 0 unspecified atom stereocenters. The second kappa shape index (κ2) is 8.19. The third-order valence-corrected chi connectivity index (χ3v) is 5.39. The molecule has 5 rings (SSSR count). The summed E-state index contributed by atoms with van der Waals surface area (Å²) in [6, 6.07) is 3.56. The highest BCUT2D eigenvalue weighted by Crippen LogP contribution is 2.32. The van der Waals surface area contributed by atoms with Crippen LogP contribution in [0.1, 0.15) is 18.0 Å². The smallest absolute Gasteiger partial charge is 0.341 e. The Hall–Kier alpha value is -3.96. The molecule has 3 aromatic rings. The SMILES string of the molecule is Cn1ncc(-c2cc(OC3CN(C(=O)N4N=CC[C@H]4c4cc(F)cc(F)c4)C3)c(F)cn2)n1. The maximum atomic E-state index is 14.2. The third-order valence-electron chi connectivity index (χ3n) is 5.39. The molecule has 4 heterocycles. The second-order valence-electron chi connectivity index (χ2n) is 7.74. The highest BCUT2D eigenvalue weighted by atomic mass is 19.1. The first-order chi connectivity index (χ1) is 15.9. The van der Waals surface area contributed by atoms with Gasteiger partial charge in [-0.1, -0.05) is 0 Å². The zero-order chi connectivity index (χ0) is 23.1. The Morgan fingerprint density at radius 1 is 1.06 bits per heavy atom. The standard InChI is InChI=1S/C21H18F3N7O2/c1-29-27-9-18(28-29)17-7-20(16(24)8-25-17)33-15-10-30(11-15)21(32)31-19(2-3-26-31)12-4-13(22)6-14(23)5-12/h3-9,15,19H,2,10-11H2,1H3/t19-/m0/s1. The van der Waals surface area contributed by atoms with Crippen LogP contribution in [0.3, 0.4) is 0 Å². The number of nitrogens with zero attached hydrogens (tertiary/aromatic N) is 7. The minimum Gasteiger partial charge on any atom is -0.483 e. The topological polar surface area (TPSA) is 88.7 Å². The van der Waals surface area contributed by atoms with E-state index in [4.69, 9.17) is 4.74 Å². The normalized spacial score (nSPS) is 18.0. The Balaban J connectivity index is 1.23. The van der Waals surface area contributed by atoms with Gasteiger partial charge in [-0.05, 0) is 17.7 Å². The van der Waals surface area contributed by atoms with Crippen molar-refractivity contribution < 1.29 is 22.7 Å². The number of rotatable bonds is 4. The summed E-state index contributed by atoms with van der Waals surface area (Å²) in [4.78, 5) is 19.7. The summed E-state index contributed by atoms with van der Waals surface area (Å²) >= 11 is 0. The zero-order valence-corrected chi connectivity index (χ0v) is 17.4. The number of urea groups is 1. The number of amides is 2. The van der Waals surface area contributed by atoms with Crippen molar-refractivity contribution in [1.29, 1.82) is 0 Å². The molecule has 0 bridgehead atoms. The van der Waals surface area contributed by atoms with Crippen LogP contribution in [-0.2, 0) is 7.05 Å². The zero-order valence-electron chi connectivity index (χ0n) is 17.4. The number of benzene rings is 1. The number of hydrogen-bond acceptors (Lipinski definition) is 6.